The summed E-state index contributed by atoms with van der Waals surface area (Å²) in [7, 11) is -1.98. The number of methoxy groups -OCH3 is 1. The number of thiazole rings is 1. The van der Waals surface area contributed by atoms with Gasteiger partial charge in [-0.25, -0.2) is 13.4 Å². The average Bonchev–Trinajstić information content (AvgIpc) is 3.45. The molecule has 1 unspecified atom stereocenters. The number of hydrogen-bond donors (Lipinski definition) is 0. The predicted octanol–water partition coefficient (Wildman–Crippen LogP) is 3.99. The minimum atomic E-state index is -3.57. The van der Waals surface area contributed by atoms with E-state index in [1.165, 1.54) is 11.3 Å². The maximum absolute atomic E-state index is 13.2. The Kier molecular flexibility index (Phi) is 6.78. The Morgan fingerprint density at radius 3 is 2.72 bits per heavy atom. The molecule has 4 rings (SSSR count). The number of carbonyl (C=O) groups is 1. The van der Waals surface area contributed by atoms with Gasteiger partial charge in [-0.1, -0.05) is 35.1 Å². The van der Waals surface area contributed by atoms with E-state index >= 15 is 0 Å². The standard InChI is InChI=1S/C23H26N2O5S2/c1-16-8-10-18(11-9-16)32(27,28)14-12-21(26)25(15-17-5-4-13-30-17)23-24-22-19(29-2)6-3-7-20(22)31-23/h3,6-11,17H,4-5,12-15H2,1-2H3. The minimum absolute atomic E-state index is 0.0819. The number of nitrogens with zero attached hydrogens (tertiary/aromatic N) is 2. The Balaban J connectivity index is 1.57. The third-order valence-electron chi connectivity index (χ3n) is 5.50. The third-order valence-corrected chi connectivity index (χ3v) is 8.27. The molecule has 1 aliphatic heterocycles. The molecule has 170 valence electrons. The van der Waals surface area contributed by atoms with E-state index in [2.05, 4.69) is 4.98 Å². The van der Waals surface area contributed by atoms with E-state index in [0.717, 1.165) is 23.1 Å². The van der Waals surface area contributed by atoms with Crippen LogP contribution in [0.3, 0.4) is 0 Å². The minimum Gasteiger partial charge on any atom is -0.494 e. The van der Waals surface area contributed by atoms with E-state index in [0.29, 0.717) is 29.5 Å². The number of ether oxygens (including phenoxy) is 2. The van der Waals surface area contributed by atoms with Crippen LogP contribution in [0, 0.1) is 6.92 Å². The number of benzene rings is 2. The van der Waals surface area contributed by atoms with Crippen LogP contribution in [0.15, 0.2) is 47.4 Å². The van der Waals surface area contributed by atoms with Crippen molar-refractivity contribution in [2.75, 3.05) is 30.9 Å². The Hall–Kier alpha value is -2.49. The number of para-hydroxylation sites is 1. The summed E-state index contributed by atoms with van der Waals surface area (Å²) in [5.74, 6) is 0.0937. The molecule has 7 nitrogen and oxygen atoms in total. The number of rotatable bonds is 8. The zero-order chi connectivity index (χ0) is 22.7. The summed E-state index contributed by atoms with van der Waals surface area (Å²) in [6, 6.07) is 12.3. The Morgan fingerprint density at radius 1 is 1.25 bits per heavy atom. The first-order valence-electron chi connectivity index (χ1n) is 10.5. The normalized spacial score (nSPS) is 16.4. The first-order chi connectivity index (χ1) is 15.4. The summed E-state index contributed by atoms with van der Waals surface area (Å²) in [5, 5.41) is 0.526. The fraction of sp³-hybridized carbons (Fsp3) is 0.391. The maximum atomic E-state index is 13.2. The number of fused-ring (bicyclic) bond motifs is 1. The molecule has 2 aromatic carbocycles. The van der Waals surface area contributed by atoms with Crippen molar-refractivity contribution in [3.8, 4) is 5.75 Å². The molecule has 0 bridgehead atoms. The van der Waals surface area contributed by atoms with E-state index in [-0.39, 0.29) is 29.1 Å². The summed E-state index contributed by atoms with van der Waals surface area (Å²) in [5.41, 5.74) is 1.67. The molecule has 0 aliphatic carbocycles. The molecule has 0 N–H and O–H groups in total. The van der Waals surface area contributed by atoms with Gasteiger partial charge in [0.15, 0.2) is 15.0 Å². The van der Waals surface area contributed by atoms with Crippen LogP contribution < -0.4 is 9.64 Å². The highest BCUT2D eigenvalue weighted by atomic mass is 32.2. The van der Waals surface area contributed by atoms with Crippen molar-refractivity contribution in [1.29, 1.82) is 0 Å². The fourth-order valence-corrected chi connectivity index (χ4v) is 5.93. The molecular weight excluding hydrogens is 448 g/mol. The number of anilines is 1. The van der Waals surface area contributed by atoms with Gasteiger partial charge in [0.1, 0.15) is 11.3 Å². The highest BCUT2D eigenvalue weighted by molar-refractivity contribution is 7.91. The summed E-state index contributed by atoms with van der Waals surface area (Å²) in [4.78, 5) is 19.7. The van der Waals surface area contributed by atoms with E-state index in [1.54, 1.807) is 36.3 Å². The number of amides is 1. The molecule has 3 aromatic rings. The zero-order valence-electron chi connectivity index (χ0n) is 18.1. The molecular formula is C23H26N2O5S2. The number of hydrogen-bond acceptors (Lipinski definition) is 7. The van der Waals surface area contributed by atoms with Crippen LogP contribution in [0.25, 0.3) is 10.2 Å². The van der Waals surface area contributed by atoms with Crippen molar-refractivity contribution < 1.29 is 22.7 Å². The summed E-state index contributed by atoms with van der Waals surface area (Å²) in [6.07, 6.45) is 1.60. The molecule has 1 atom stereocenters. The lowest BCUT2D eigenvalue weighted by atomic mass is 10.2. The lowest BCUT2D eigenvalue weighted by molar-refractivity contribution is -0.118. The number of sulfone groups is 1. The van der Waals surface area contributed by atoms with Crippen LogP contribution >= 0.6 is 11.3 Å². The van der Waals surface area contributed by atoms with Crippen LogP contribution in [0.2, 0.25) is 0 Å². The van der Waals surface area contributed by atoms with Crippen molar-refractivity contribution >= 4 is 42.4 Å². The second-order valence-electron chi connectivity index (χ2n) is 7.82. The topological polar surface area (TPSA) is 85.8 Å². The van der Waals surface area contributed by atoms with Gasteiger partial charge in [0.25, 0.3) is 0 Å². The van der Waals surface area contributed by atoms with E-state index in [9.17, 15) is 13.2 Å². The molecule has 1 amide bonds. The van der Waals surface area contributed by atoms with Gasteiger partial charge in [-0.3, -0.25) is 9.69 Å². The van der Waals surface area contributed by atoms with Gasteiger partial charge in [-0.15, -0.1) is 0 Å². The van der Waals surface area contributed by atoms with Gasteiger partial charge in [-0.05, 0) is 44.0 Å². The lowest BCUT2D eigenvalue weighted by Gasteiger charge is -2.23. The first kappa shape index (κ1) is 22.7. The van der Waals surface area contributed by atoms with Crippen molar-refractivity contribution in [2.45, 2.75) is 37.2 Å². The largest absolute Gasteiger partial charge is 0.494 e. The van der Waals surface area contributed by atoms with Gasteiger partial charge in [0.05, 0.1) is 35.1 Å². The van der Waals surface area contributed by atoms with Crippen LogP contribution in [0.5, 0.6) is 5.75 Å². The van der Waals surface area contributed by atoms with Gasteiger partial charge >= 0.3 is 0 Å². The molecule has 9 heteroatoms. The third kappa shape index (κ3) is 4.95. The zero-order valence-corrected chi connectivity index (χ0v) is 19.7. The summed E-state index contributed by atoms with van der Waals surface area (Å²) >= 11 is 1.39. The number of carbonyl (C=O) groups excluding carboxylic acids is 1. The quantitative estimate of drug-likeness (QED) is 0.491. The Bertz CT molecular complexity index is 1200. The van der Waals surface area contributed by atoms with Crippen LogP contribution in [-0.4, -0.2) is 51.4 Å². The Morgan fingerprint density at radius 2 is 2.03 bits per heavy atom. The number of aromatic nitrogens is 1. The van der Waals surface area contributed by atoms with E-state index in [1.807, 2.05) is 25.1 Å². The molecule has 0 spiro atoms. The second kappa shape index (κ2) is 9.56. The molecule has 0 radical (unpaired) electrons. The lowest BCUT2D eigenvalue weighted by Crippen LogP contribution is -2.38. The van der Waals surface area contributed by atoms with Crippen molar-refractivity contribution in [3.63, 3.8) is 0 Å². The molecule has 1 aliphatic rings. The highest BCUT2D eigenvalue weighted by Gasteiger charge is 2.28. The van der Waals surface area contributed by atoms with Crippen LogP contribution in [0.1, 0.15) is 24.8 Å². The van der Waals surface area contributed by atoms with E-state index < -0.39 is 9.84 Å². The van der Waals surface area contributed by atoms with Gasteiger partial charge in [0, 0.05) is 13.0 Å². The maximum Gasteiger partial charge on any atom is 0.229 e. The fourth-order valence-electron chi connectivity index (χ4n) is 3.69. The molecule has 32 heavy (non-hydrogen) atoms. The summed E-state index contributed by atoms with van der Waals surface area (Å²) in [6.45, 7) is 2.92. The monoisotopic (exact) mass is 474 g/mol. The second-order valence-corrected chi connectivity index (χ2v) is 10.9. The first-order valence-corrected chi connectivity index (χ1v) is 13.0. The van der Waals surface area contributed by atoms with Crippen LogP contribution in [0.4, 0.5) is 5.13 Å². The molecule has 2 heterocycles. The molecule has 0 saturated carbocycles. The Labute approximate surface area is 191 Å². The SMILES string of the molecule is COc1cccc2sc(N(CC3CCCO3)C(=O)CCS(=O)(=O)c3ccc(C)cc3)nc12. The van der Waals surface area contributed by atoms with Crippen molar-refractivity contribution in [2.24, 2.45) is 0 Å². The average molecular weight is 475 g/mol. The smallest absolute Gasteiger partial charge is 0.229 e. The molecule has 1 saturated heterocycles. The van der Waals surface area contributed by atoms with Gasteiger partial charge in [0.2, 0.25) is 5.91 Å². The van der Waals surface area contributed by atoms with Gasteiger partial charge < -0.3 is 9.47 Å². The van der Waals surface area contributed by atoms with E-state index in [4.69, 9.17) is 9.47 Å². The van der Waals surface area contributed by atoms with Crippen molar-refractivity contribution in [1.82, 2.24) is 4.98 Å². The highest BCUT2D eigenvalue weighted by Crippen LogP contribution is 2.35. The van der Waals surface area contributed by atoms with Crippen molar-refractivity contribution in [3.05, 3.63) is 48.0 Å². The van der Waals surface area contributed by atoms with Gasteiger partial charge in [-0.2, -0.15) is 0 Å². The predicted molar refractivity (Wildman–Crippen MR) is 125 cm³/mol. The molecule has 1 aromatic heterocycles. The molecule has 1 fully saturated rings. The summed E-state index contributed by atoms with van der Waals surface area (Å²) < 4.78 is 37.5. The number of aryl methyl sites for hydroxylation is 1. The van der Waals surface area contributed by atoms with Crippen LogP contribution in [-0.2, 0) is 19.4 Å².